The number of halogens is 1. The van der Waals surface area contributed by atoms with Crippen LogP contribution in [0.5, 0.6) is 0 Å². The van der Waals surface area contributed by atoms with Gasteiger partial charge in [-0.3, -0.25) is 4.79 Å². The molecule has 12 heteroatoms. The fraction of sp³-hybridized carbons (Fsp3) is 0.476. The highest BCUT2D eigenvalue weighted by Crippen LogP contribution is 2.22. The molecule has 3 rings (SSSR count). The summed E-state index contributed by atoms with van der Waals surface area (Å²) in [4.78, 5) is 25.8. The van der Waals surface area contributed by atoms with Crippen LogP contribution in [0.2, 0.25) is 0 Å². The third-order valence-corrected chi connectivity index (χ3v) is 5.61. The zero-order valence-electron chi connectivity index (χ0n) is 19.4. The van der Waals surface area contributed by atoms with Crippen molar-refractivity contribution in [3.8, 4) is 0 Å². The van der Waals surface area contributed by atoms with Crippen molar-refractivity contribution in [3.05, 3.63) is 35.6 Å². The molecule has 0 aliphatic heterocycles. The van der Waals surface area contributed by atoms with Crippen LogP contribution < -0.4 is 10.6 Å². The number of benzene rings is 1. The van der Waals surface area contributed by atoms with Gasteiger partial charge in [-0.05, 0) is 45.6 Å². The Labute approximate surface area is 197 Å². The van der Waals surface area contributed by atoms with E-state index in [-0.39, 0.29) is 17.5 Å². The Kier molecular flexibility index (Phi) is 8.78. The zero-order chi connectivity index (χ0) is 23.8. The summed E-state index contributed by atoms with van der Waals surface area (Å²) in [7, 11) is 3.92. The first-order valence-electron chi connectivity index (χ1n) is 10.8. The van der Waals surface area contributed by atoms with Crippen molar-refractivity contribution >= 4 is 35.3 Å². The van der Waals surface area contributed by atoms with Crippen molar-refractivity contribution < 1.29 is 9.18 Å². The molecule has 2 N–H and O–H groups in total. The molecule has 0 bridgehead atoms. The average Bonchev–Trinajstić information content (AvgIpc) is 3.19. The lowest BCUT2D eigenvalue weighted by atomic mass is 10.2. The van der Waals surface area contributed by atoms with Crippen LogP contribution in [0.15, 0.2) is 29.4 Å². The lowest BCUT2D eigenvalue weighted by molar-refractivity contribution is -0.129. The maximum atomic E-state index is 13.3. The van der Waals surface area contributed by atoms with E-state index in [1.54, 1.807) is 21.4 Å². The number of hydrogen-bond donors (Lipinski definition) is 2. The molecule has 0 spiro atoms. The molecule has 0 radical (unpaired) electrons. The number of fused-ring (bicyclic) bond motifs is 1. The summed E-state index contributed by atoms with van der Waals surface area (Å²) in [5, 5.41) is 15.2. The number of thioether (sulfide) groups is 1. The number of amides is 1. The lowest BCUT2D eigenvalue weighted by Crippen LogP contribution is -2.37. The van der Waals surface area contributed by atoms with Crippen LogP contribution in [0.1, 0.15) is 19.4 Å². The molecule has 0 fully saturated rings. The predicted octanol–water partition coefficient (Wildman–Crippen LogP) is 2.20. The smallest absolute Gasteiger partial charge is 0.261 e. The predicted molar refractivity (Wildman–Crippen MR) is 128 cm³/mol. The van der Waals surface area contributed by atoms with E-state index in [1.807, 2.05) is 32.8 Å². The molecule has 0 atom stereocenters. The van der Waals surface area contributed by atoms with Crippen molar-refractivity contribution in [3.63, 3.8) is 0 Å². The number of carbonyl (C=O) groups is 1. The number of nitrogens with zero attached hydrogens (tertiary/aromatic N) is 7. The molecular weight excluding hydrogens is 445 g/mol. The van der Waals surface area contributed by atoms with E-state index >= 15 is 0 Å². The van der Waals surface area contributed by atoms with E-state index in [9.17, 15) is 9.18 Å². The molecular formula is C21H30FN9OS. The number of rotatable bonds is 12. The lowest BCUT2D eigenvalue weighted by Gasteiger charge is -2.24. The second-order valence-corrected chi connectivity index (χ2v) is 8.53. The zero-order valence-corrected chi connectivity index (χ0v) is 20.2. The first-order chi connectivity index (χ1) is 15.9. The molecule has 0 aliphatic rings. The minimum absolute atomic E-state index is 0.0434. The summed E-state index contributed by atoms with van der Waals surface area (Å²) >= 11 is 1.28. The largest absolute Gasteiger partial charge is 0.355 e. The maximum Gasteiger partial charge on any atom is 0.261 e. The van der Waals surface area contributed by atoms with E-state index in [4.69, 9.17) is 0 Å². The molecule has 1 aromatic carbocycles. The monoisotopic (exact) mass is 475 g/mol. The summed E-state index contributed by atoms with van der Waals surface area (Å²) in [6.45, 7) is 6.97. The second-order valence-electron chi connectivity index (χ2n) is 7.58. The van der Waals surface area contributed by atoms with Crippen molar-refractivity contribution in [2.45, 2.75) is 25.5 Å². The third kappa shape index (κ3) is 6.75. The molecule has 1 amide bonds. The molecule has 10 nitrogen and oxygen atoms in total. The Morgan fingerprint density at radius 3 is 2.45 bits per heavy atom. The summed E-state index contributed by atoms with van der Waals surface area (Å²) in [5.74, 6) is 1.27. The van der Waals surface area contributed by atoms with E-state index in [0.717, 1.165) is 12.1 Å². The topological polar surface area (TPSA) is 104 Å². The highest BCUT2D eigenvalue weighted by atomic mass is 32.2. The summed E-state index contributed by atoms with van der Waals surface area (Å²) in [6, 6.07) is 6.22. The Morgan fingerprint density at radius 2 is 1.79 bits per heavy atom. The molecule has 3 aromatic rings. The number of hydrogen-bond acceptors (Lipinski definition) is 9. The average molecular weight is 476 g/mol. The molecule has 0 unspecified atom stereocenters. The van der Waals surface area contributed by atoms with Crippen molar-refractivity contribution in [1.82, 2.24) is 34.4 Å². The Balaban J connectivity index is 1.76. The third-order valence-electron chi connectivity index (χ3n) is 4.70. The quantitative estimate of drug-likeness (QED) is 0.382. The fourth-order valence-electron chi connectivity index (χ4n) is 3.04. The molecule has 2 heterocycles. The maximum absolute atomic E-state index is 13.3. The molecule has 178 valence electrons. The van der Waals surface area contributed by atoms with Crippen molar-refractivity contribution in [2.75, 3.05) is 56.7 Å². The van der Waals surface area contributed by atoms with Gasteiger partial charge in [-0.15, -0.1) is 10.2 Å². The highest BCUT2D eigenvalue weighted by molar-refractivity contribution is 7.99. The highest BCUT2D eigenvalue weighted by Gasteiger charge is 2.19. The van der Waals surface area contributed by atoms with Gasteiger partial charge in [-0.2, -0.15) is 9.97 Å². The number of anilines is 2. The summed E-state index contributed by atoms with van der Waals surface area (Å²) in [5.41, 5.74) is 0.875. The second kappa shape index (κ2) is 11.8. The first-order valence-corrected chi connectivity index (χ1v) is 11.8. The van der Waals surface area contributed by atoms with Crippen molar-refractivity contribution in [1.29, 1.82) is 0 Å². The van der Waals surface area contributed by atoms with Crippen LogP contribution in [-0.4, -0.2) is 86.3 Å². The number of likely N-dealkylation sites (N-methyl/N-ethyl adjacent to an activating group) is 1. The van der Waals surface area contributed by atoms with Crippen molar-refractivity contribution in [2.24, 2.45) is 0 Å². The van der Waals surface area contributed by atoms with Crippen LogP contribution >= 0.6 is 11.8 Å². The summed E-state index contributed by atoms with van der Waals surface area (Å²) < 4.78 is 15.0. The Morgan fingerprint density at radius 1 is 1.06 bits per heavy atom. The van der Waals surface area contributed by atoms with Gasteiger partial charge in [-0.1, -0.05) is 23.9 Å². The minimum Gasteiger partial charge on any atom is -0.355 e. The first kappa shape index (κ1) is 24.6. The normalized spacial score (nSPS) is 11.2. The fourth-order valence-corrected chi connectivity index (χ4v) is 3.87. The van der Waals surface area contributed by atoms with Crippen LogP contribution in [0.25, 0.3) is 5.78 Å². The van der Waals surface area contributed by atoms with E-state index in [0.29, 0.717) is 49.0 Å². The molecule has 33 heavy (non-hydrogen) atoms. The van der Waals surface area contributed by atoms with Gasteiger partial charge in [0.15, 0.2) is 5.16 Å². The standard InChI is InChI=1S/C21H30FN9OS/c1-5-23-18-25-19(24-6-2)31-20(26-18)27-28-21(31)33-14-17(32)30(12-11-29(3)4)13-15-7-9-16(22)10-8-15/h7-10H,5-6,11-14H2,1-4H3,(H2,23,24,25,26,27). The Hall–Kier alpha value is -2.99. The van der Waals surface area contributed by atoms with Crippen LogP contribution in [0.3, 0.4) is 0 Å². The number of aromatic nitrogens is 5. The Bertz CT molecular complexity index is 1060. The van der Waals surface area contributed by atoms with Gasteiger partial charge >= 0.3 is 0 Å². The molecule has 0 saturated heterocycles. The van der Waals surface area contributed by atoms with Gasteiger partial charge in [0.1, 0.15) is 5.82 Å². The van der Waals surface area contributed by atoms with Gasteiger partial charge < -0.3 is 20.4 Å². The summed E-state index contributed by atoms with van der Waals surface area (Å²) in [6.07, 6.45) is 0. The SMILES string of the molecule is CCNc1nc(NCC)n2c(SCC(=O)N(CCN(C)C)Cc3ccc(F)cc3)nnc2n1. The van der Waals surface area contributed by atoms with Crippen LogP contribution in [-0.2, 0) is 11.3 Å². The van der Waals surface area contributed by atoms with Crippen LogP contribution in [0.4, 0.5) is 16.3 Å². The molecule has 2 aromatic heterocycles. The van der Waals surface area contributed by atoms with Gasteiger partial charge in [0.05, 0.1) is 5.75 Å². The number of carbonyl (C=O) groups excluding carboxylic acids is 1. The number of nitrogens with one attached hydrogen (secondary N) is 2. The van der Waals surface area contributed by atoms with Gasteiger partial charge in [0.25, 0.3) is 5.78 Å². The van der Waals surface area contributed by atoms with E-state index < -0.39 is 0 Å². The molecule has 0 aliphatic carbocycles. The van der Waals surface area contributed by atoms with E-state index in [1.165, 1.54) is 23.9 Å². The van der Waals surface area contributed by atoms with Gasteiger partial charge in [0.2, 0.25) is 17.8 Å². The van der Waals surface area contributed by atoms with Crippen LogP contribution in [0, 0.1) is 5.82 Å². The van der Waals surface area contributed by atoms with E-state index in [2.05, 4.69) is 30.8 Å². The molecule has 0 saturated carbocycles. The van der Waals surface area contributed by atoms with Gasteiger partial charge in [0, 0.05) is 32.7 Å². The minimum atomic E-state index is -0.296. The van der Waals surface area contributed by atoms with Gasteiger partial charge in [-0.25, -0.2) is 8.79 Å².